The number of ketones is 1. The average Bonchev–Trinajstić information content (AvgIpc) is 3.37. The Labute approximate surface area is 168 Å². The molecule has 0 saturated carbocycles. The molecule has 3 rings (SSSR count). The molecule has 0 radical (unpaired) electrons. The second-order valence-corrected chi connectivity index (χ2v) is 7.82. The van der Waals surface area contributed by atoms with Crippen LogP contribution in [0.3, 0.4) is 0 Å². The Morgan fingerprint density at radius 2 is 2.07 bits per heavy atom. The SMILES string of the molecule is CCn1c(C)cc(C(=O)COC(=O)[C@@H]2CS[C@@H](c3ccco3)N2C(C)=O)c1C. The molecule has 3 heterocycles. The number of aryl methyl sites for hydroxylation is 1. The summed E-state index contributed by atoms with van der Waals surface area (Å²) in [5, 5.41) is -0.371. The molecular formula is C20H24N2O5S. The Morgan fingerprint density at radius 1 is 1.32 bits per heavy atom. The van der Waals surface area contributed by atoms with Gasteiger partial charge in [-0.1, -0.05) is 0 Å². The van der Waals surface area contributed by atoms with Gasteiger partial charge in [0.25, 0.3) is 0 Å². The lowest BCUT2D eigenvalue weighted by Gasteiger charge is -2.25. The van der Waals surface area contributed by atoms with Gasteiger partial charge in [-0.05, 0) is 39.0 Å². The highest BCUT2D eigenvalue weighted by Gasteiger charge is 2.43. The van der Waals surface area contributed by atoms with E-state index in [4.69, 9.17) is 9.15 Å². The fraction of sp³-hybridized carbons (Fsp3) is 0.450. The molecule has 0 unspecified atom stereocenters. The summed E-state index contributed by atoms with van der Waals surface area (Å²) in [5.41, 5.74) is 2.41. The Balaban J connectivity index is 1.67. The minimum atomic E-state index is -0.742. The smallest absolute Gasteiger partial charge is 0.330 e. The third kappa shape index (κ3) is 3.73. The molecule has 1 aliphatic rings. The van der Waals surface area contributed by atoms with Crippen LogP contribution in [0, 0.1) is 13.8 Å². The number of thioether (sulfide) groups is 1. The van der Waals surface area contributed by atoms with Crippen LogP contribution in [0.25, 0.3) is 0 Å². The van der Waals surface area contributed by atoms with Crippen LogP contribution in [0.15, 0.2) is 28.9 Å². The van der Waals surface area contributed by atoms with E-state index in [1.54, 1.807) is 12.1 Å². The average molecular weight is 404 g/mol. The molecule has 0 bridgehead atoms. The van der Waals surface area contributed by atoms with Gasteiger partial charge in [-0.2, -0.15) is 0 Å². The molecule has 1 saturated heterocycles. The molecule has 2 aromatic heterocycles. The van der Waals surface area contributed by atoms with E-state index in [9.17, 15) is 14.4 Å². The van der Waals surface area contributed by atoms with Crippen LogP contribution in [0.2, 0.25) is 0 Å². The molecule has 0 aliphatic carbocycles. The lowest BCUT2D eigenvalue weighted by Crippen LogP contribution is -2.43. The quantitative estimate of drug-likeness (QED) is 0.544. The number of carbonyl (C=O) groups excluding carboxylic acids is 3. The van der Waals surface area contributed by atoms with E-state index < -0.39 is 12.0 Å². The maximum absolute atomic E-state index is 12.6. The number of carbonyl (C=O) groups is 3. The monoisotopic (exact) mass is 404 g/mol. The fourth-order valence-electron chi connectivity index (χ4n) is 3.60. The van der Waals surface area contributed by atoms with Crippen LogP contribution in [-0.2, 0) is 20.9 Å². The molecule has 150 valence electrons. The van der Waals surface area contributed by atoms with Gasteiger partial charge in [0.1, 0.15) is 17.2 Å². The normalized spacial score (nSPS) is 19.1. The maximum atomic E-state index is 12.6. The van der Waals surface area contributed by atoms with Gasteiger partial charge in [0.2, 0.25) is 11.7 Å². The lowest BCUT2D eigenvalue weighted by molar-refractivity contribution is -0.152. The highest BCUT2D eigenvalue weighted by atomic mass is 32.2. The van der Waals surface area contributed by atoms with Crippen LogP contribution >= 0.6 is 11.8 Å². The van der Waals surface area contributed by atoms with Crippen molar-refractivity contribution < 1.29 is 23.5 Å². The highest BCUT2D eigenvalue weighted by molar-refractivity contribution is 7.99. The Morgan fingerprint density at radius 3 is 2.64 bits per heavy atom. The summed E-state index contributed by atoms with van der Waals surface area (Å²) in [4.78, 5) is 38.7. The molecule has 1 aliphatic heterocycles. The van der Waals surface area contributed by atoms with Crippen molar-refractivity contribution in [3.63, 3.8) is 0 Å². The summed E-state index contributed by atoms with van der Waals surface area (Å²) in [7, 11) is 0. The molecule has 2 atom stereocenters. The van der Waals surface area contributed by atoms with Gasteiger partial charge in [0.05, 0.1) is 6.26 Å². The first kappa shape index (κ1) is 20.3. The van der Waals surface area contributed by atoms with Gasteiger partial charge in [0, 0.05) is 36.2 Å². The Hall–Kier alpha value is -2.48. The van der Waals surface area contributed by atoms with E-state index in [1.165, 1.54) is 29.8 Å². The van der Waals surface area contributed by atoms with Crippen molar-refractivity contribution in [3.05, 3.63) is 47.2 Å². The number of hydrogen-bond donors (Lipinski definition) is 0. The Bertz CT molecular complexity index is 887. The molecule has 8 heteroatoms. The predicted octanol–water partition coefficient (Wildman–Crippen LogP) is 3.11. The number of esters is 1. The first-order valence-corrected chi connectivity index (χ1v) is 10.2. The van der Waals surface area contributed by atoms with Crippen molar-refractivity contribution in [1.29, 1.82) is 0 Å². The maximum Gasteiger partial charge on any atom is 0.330 e. The molecule has 7 nitrogen and oxygen atoms in total. The minimum Gasteiger partial charge on any atom is -0.466 e. The summed E-state index contributed by atoms with van der Waals surface area (Å²) in [5.74, 6) is -0.0644. The highest BCUT2D eigenvalue weighted by Crippen LogP contribution is 2.41. The standard InChI is InChI=1S/C20H24N2O5S/c1-5-21-12(2)9-15(13(21)3)17(24)10-27-20(25)16-11-28-19(22(16)14(4)23)18-7-6-8-26-18/h6-9,16,19H,5,10-11H2,1-4H3/t16-,19-/m0/s1. The summed E-state index contributed by atoms with van der Waals surface area (Å²) in [6.07, 6.45) is 1.53. The van der Waals surface area contributed by atoms with Crippen molar-refractivity contribution in [1.82, 2.24) is 9.47 Å². The van der Waals surface area contributed by atoms with Gasteiger partial charge in [-0.3, -0.25) is 9.59 Å². The van der Waals surface area contributed by atoms with Gasteiger partial charge < -0.3 is 18.6 Å². The Kier molecular flexibility index (Phi) is 5.98. The number of hydrogen-bond acceptors (Lipinski definition) is 6. The summed E-state index contributed by atoms with van der Waals surface area (Å²) in [6.45, 7) is 7.67. The van der Waals surface area contributed by atoms with Gasteiger partial charge in [-0.25, -0.2) is 4.79 Å². The van der Waals surface area contributed by atoms with Crippen LogP contribution in [0.1, 0.15) is 46.7 Å². The van der Waals surface area contributed by atoms with Crippen LogP contribution in [0.4, 0.5) is 0 Å². The number of furan rings is 1. The summed E-state index contributed by atoms with van der Waals surface area (Å²) >= 11 is 1.44. The number of amides is 1. The third-order valence-electron chi connectivity index (χ3n) is 4.96. The van der Waals surface area contributed by atoms with Crippen molar-refractivity contribution in [2.45, 2.75) is 45.7 Å². The van der Waals surface area contributed by atoms with Crippen molar-refractivity contribution in [2.75, 3.05) is 12.4 Å². The molecule has 0 spiro atoms. The number of nitrogens with zero attached hydrogens (tertiary/aromatic N) is 2. The molecule has 1 amide bonds. The van der Waals surface area contributed by atoms with E-state index in [-0.39, 0.29) is 23.7 Å². The second-order valence-electron chi connectivity index (χ2n) is 6.70. The minimum absolute atomic E-state index is 0.244. The number of Topliss-reactive ketones (excluding diaryl/α,β-unsaturated/α-hetero) is 1. The zero-order valence-corrected chi connectivity index (χ0v) is 17.2. The topological polar surface area (TPSA) is 81.8 Å². The number of ether oxygens (including phenoxy) is 1. The lowest BCUT2D eigenvalue weighted by atomic mass is 10.1. The first-order chi connectivity index (χ1) is 13.3. The van der Waals surface area contributed by atoms with E-state index in [2.05, 4.69) is 0 Å². The molecule has 1 fully saturated rings. The number of aromatic nitrogens is 1. The summed E-state index contributed by atoms with van der Waals surface area (Å²) in [6, 6.07) is 4.59. The summed E-state index contributed by atoms with van der Waals surface area (Å²) < 4.78 is 12.7. The van der Waals surface area contributed by atoms with E-state index in [1.807, 2.05) is 31.4 Å². The van der Waals surface area contributed by atoms with E-state index in [0.717, 1.165) is 17.9 Å². The van der Waals surface area contributed by atoms with Gasteiger partial charge >= 0.3 is 5.97 Å². The zero-order valence-electron chi connectivity index (χ0n) is 16.4. The molecule has 0 N–H and O–H groups in total. The fourth-order valence-corrected chi connectivity index (χ4v) is 5.02. The first-order valence-electron chi connectivity index (χ1n) is 9.15. The molecule has 2 aromatic rings. The van der Waals surface area contributed by atoms with Crippen molar-refractivity contribution >= 4 is 29.4 Å². The van der Waals surface area contributed by atoms with Crippen LogP contribution in [0.5, 0.6) is 0 Å². The van der Waals surface area contributed by atoms with Crippen molar-refractivity contribution in [2.24, 2.45) is 0 Å². The predicted molar refractivity (Wildman–Crippen MR) is 105 cm³/mol. The number of rotatable bonds is 6. The molecule has 28 heavy (non-hydrogen) atoms. The second kappa shape index (κ2) is 8.26. The van der Waals surface area contributed by atoms with Gasteiger partial charge in [-0.15, -0.1) is 11.8 Å². The van der Waals surface area contributed by atoms with Crippen molar-refractivity contribution in [3.8, 4) is 0 Å². The van der Waals surface area contributed by atoms with Gasteiger partial charge in [0.15, 0.2) is 6.61 Å². The van der Waals surface area contributed by atoms with Crippen LogP contribution in [-0.4, -0.2) is 45.5 Å². The molecule has 0 aromatic carbocycles. The molecular weight excluding hydrogens is 380 g/mol. The zero-order chi connectivity index (χ0) is 20.4. The largest absolute Gasteiger partial charge is 0.466 e. The van der Waals surface area contributed by atoms with E-state index >= 15 is 0 Å². The third-order valence-corrected chi connectivity index (χ3v) is 6.24. The van der Waals surface area contributed by atoms with Crippen LogP contribution < -0.4 is 0 Å². The van der Waals surface area contributed by atoms with E-state index in [0.29, 0.717) is 17.1 Å².